The van der Waals surface area contributed by atoms with E-state index >= 15 is 0 Å². The van der Waals surface area contributed by atoms with Gasteiger partial charge in [0.25, 0.3) is 0 Å². The Morgan fingerprint density at radius 2 is 2.43 bits per heavy atom. The zero-order valence-electron chi connectivity index (χ0n) is 8.69. The molecule has 1 unspecified atom stereocenters. The summed E-state index contributed by atoms with van der Waals surface area (Å²) in [6.45, 7) is 4.55. The summed E-state index contributed by atoms with van der Waals surface area (Å²) in [5.41, 5.74) is 0. The number of hydrogen-bond donors (Lipinski definition) is 0. The monoisotopic (exact) mass is 191 g/mol. The molecule has 0 bridgehead atoms. The normalized spacial score (nSPS) is 22.4. The molecule has 1 aromatic heterocycles. The minimum Gasteiger partial charge on any atom is -0.355 e. The Bertz CT molecular complexity index is 273. The van der Waals surface area contributed by atoms with Gasteiger partial charge in [-0.15, -0.1) is 0 Å². The number of nitrogens with zero attached hydrogens (tertiary/aromatic N) is 3. The van der Waals surface area contributed by atoms with Crippen LogP contribution in [0.3, 0.4) is 0 Å². The van der Waals surface area contributed by atoms with E-state index in [9.17, 15) is 0 Å². The highest BCUT2D eigenvalue weighted by atomic mass is 15.2. The topological polar surface area (TPSA) is 29.0 Å². The number of rotatable bonds is 2. The Labute approximate surface area is 85.2 Å². The molecule has 0 aliphatic carbocycles. The maximum absolute atomic E-state index is 4.33. The molecule has 1 aliphatic rings. The van der Waals surface area contributed by atoms with E-state index in [2.05, 4.69) is 21.8 Å². The molecule has 1 atom stereocenters. The molecule has 2 rings (SSSR count). The van der Waals surface area contributed by atoms with Gasteiger partial charge >= 0.3 is 0 Å². The van der Waals surface area contributed by atoms with Crippen LogP contribution < -0.4 is 4.90 Å². The SMILES string of the molecule is CCC1CCCN(c2cnccn2)C1. The third-order valence-electron chi connectivity index (χ3n) is 2.97. The Hall–Kier alpha value is -1.12. The first kappa shape index (κ1) is 9.44. The molecule has 1 aliphatic heterocycles. The zero-order chi connectivity index (χ0) is 9.80. The molecule has 1 aromatic rings. The van der Waals surface area contributed by atoms with Gasteiger partial charge in [0.2, 0.25) is 0 Å². The predicted octanol–water partition coefficient (Wildman–Crippen LogP) is 2.10. The van der Waals surface area contributed by atoms with Crippen LogP contribution in [0.15, 0.2) is 18.6 Å². The van der Waals surface area contributed by atoms with Gasteiger partial charge in [-0.05, 0) is 18.8 Å². The number of piperidine rings is 1. The zero-order valence-corrected chi connectivity index (χ0v) is 8.69. The summed E-state index contributed by atoms with van der Waals surface area (Å²) in [5.74, 6) is 1.87. The van der Waals surface area contributed by atoms with Crippen molar-refractivity contribution in [1.29, 1.82) is 0 Å². The van der Waals surface area contributed by atoms with Gasteiger partial charge in [-0.1, -0.05) is 13.3 Å². The molecule has 14 heavy (non-hydrogen) atoms. The van der Waals surface area contributed by atoms with Gasteiger partial charge < -0.3 is 4.90 Å². The minimum atomic E-state index is 0.839. The summed E-state index contributed by atoms with van der Waals surface area (Å²) >= 11 is 0. The van der Waals surface area contributed by atoms with Crippen LogP contribution >= 0.6 is 0 Å². The van der Waals surface area contributed by atoms with Crippen molar-refractivity contribution >= 4 is 5.82 Å². The van der Waals surface area contributed by atoms with E-state index in [1.165, 1.54) is 19.3 Å². The summed E-state index contributed by atoms with van der Waals surface area (Å²) in [7, 11) is 0. The Morgan fingerprint density at radius 1 is 1.50 bits per heavy atom. The molecule has 1 fully saturated rings. The first-order valence-electron chi connectivity index (χ1n) is 5.41. The van der Waals surface area contributed by atoms with Gasteiger partial charge in [0.05, 0.1) is 6.20 Å². The van der Waals surface area contributed by atoms with E-state index in [1.54, 1.807) is 12.4 Å². The van der Waals surface area contributed by atoms with Crippen LogP contribution in [-0.4, -0.2) is 23.1 Å². The molecular formula is C11H17N3. The van der Waals surface area contributed by atoms with Gasteiger partial charge in [-0.3, -0.25) is 4.98 Å². The molecule has 1 saturated heterocycles. The first-order valence-corrected chi connectivity index (χ1v) is 5.41. The predicted molar refractivity (Wildman–Crippen MR) is 57.3 cm³/mol. The first-order chi connectivity index (χ1) is 6.90. The van der Waals surface area contributed by atoms with Crippen molar-refractivity contribution in [2.24, 2.45) is 5.92 Å². The second kappa shape index (κ2) is 4.40. The van der Waals surface area contributed by atoms with Crippen molar-refractivity contribution in [3.8, 4) is 0 Å². The molecule has 0 aromatic carbocycles. The highest BCUT2D eigenvalue weighted by Gasteiger charge is 2.19. The van der Waals surface area contributed by atoms with E-state index in [0.717, 1.165) is 24.8 Å². The van der Waals surface area contributed by atoms with Gasteiger partial charge in [-0.2, -0.15) is 0 Å². The average molecular weight is 191 g/mol. The highest BCUT2D eigenvalue weighted by Crippen LogP contribution is 2.22. The number of anilines is 1. The van der Waals surface area contributed by atoms with Gasteiger partial charge in [0.15, 0.2) is 0 Å². The van der Waals surface area contributed by atoms with E-state index in [4.69, 9.17) is 0 Å². The number of hydrogen-bond acceptors (Lipinski definition) is 3. The average Bonchev–Trinajstić information content (AvgIpc) is 2.30. The Balaban J connectivity index is 2.04. The third-order valence-corrected chi connectivity index (χ3v) is 2.97. The molecule has 0 radical (unpaired) electrons. The van der Waals surface area contributed by atoms with Gasteiger partial charge in [0, 0.05) is 25.5 Å². The molecular weight excluding hydrogens is 174 g/mol. The standard InChI is InChI=1S/C11H17N3/c1-2-10-4-3-7-14(9-10)11-8-12-5-6-13-11/h5-6,8,10H,2-4,7,9H2,1H3. The van der Waals surface area contributed by atoms with Crippen LogP contribution in [0.1, 0.15) is 26.2 Å². The fourth-order valence-corrected chi connectivity index (χ4v) is 2.06. The Morgan fingerprint density at radius 3 is 3.14 bits per heavy atom. The third kappa shape index (κ3) is 2.03. The highest BCUT2D eigenvalue weighted by molar-refractivity contribution is 5.35. The van der Waals surface area contributed by atoms with Crippen molar-refractivity contribution in [2.45, 2.75) is 26.2 Å². The summed E-state index contributed by atoms with van der Waals surface area (Å²) in [6.07, 6.45) is 9.28. The Kier molecular flexibility index (Phi) is 2.96. The molecule has 2 heterocycles. The molecule has 3 nitrogen and oxygen atoms in total. The van der Waals surface area contributed by atoms with Crippen LogP contribution in [0.5, 0.6) is 0 Å². The van der Waals surface area contributed by atoms with Crippen molar-refractivity contribution in [2.75, 3.05) is 18.0 Å². The van der Waals surface area contributed by atoms with Crippen molar-refractivity contribution in [1.82, 2.24) is 9.97 Å². The van der Waals surface area contributed by atoms with E-state index in [1.807, 2.05) is 6.20 Å². The molecule has 76 valence electrons. The fourth-order valence-electron chi connectivity index (χ4n) is 2.06. The summed E-state index contributed by atoms with van der Waals surface area (Å²) in [6, 6.07) is 0. The molecule has 0 N–H and O–H groups in total. The summed E-state index contributed by atoms with van der Waals surface area (Å²) < 4.78 is 0. The van der Waals surface area contributed by atoms with Crippen LogP contribution in [0.4, 0.5) is 5.82 Å². The quantitative estimate of drug-likeness (QED) is 0.717. The smallest absolute Gasteiger partial charge is 0.147 e. The maximum Gasteiger partial charge on any atom is 0.147 e. The summed E-state index contributed by atoms with van der Waals surface area (Å²) in [5, 5.41) is 0. The van der Waals surface area contributed by atoms with Crippen molar-refractivity contribution < 1.29 is 0 Å². The van der Waals surface area contributed by atoms with Crippen molar-refractivity contribution in [3.05, 3.63) is 18.6 Å². The molecule has 3 heteroatoms. The summed E-state index contributed by atoms with van der Waals surface area (Å²) in [4.78, 5) is 10.8. The molecule has 0 saturated carbocycles. The van der Waals surface area contributed by atoms with E-state index in [0.29, 0.717) is 0 Å². The lowest BCUT2D eigenvalue weighted by atomic mass is 9.96. The van der Waals surface area contributed by atoms with Crippen molar-refractivity contribution in [3.63, 3.8) is 0 Å². The lowest BCUT2D eigenvalue weighted by Gasteiger charge is -2.32. The minimum absolute atomic E-state index is 0.839. The van der Waals surface area contributed by atoms with Crippen LogP contribution in [0, 0.1) is 5.92 Å². The second-order valence-corrected chi connectivity index (χ2v) is 3.93. The lowest BCUT2D eigenvalue weighted by molar-refractivity contribution is 0.403. The molecule has 0 spiro atoms. The fraction of sp³-hybridized carbons (Fsp3) is 0.636. The number of aromatic nitrogens is 2. The van der Waals surface area contributed by atoms with Gasteiger partial charge in [0.1, 0.15) is 5.82 Å². The maximum atomic E-state index is 4.33. The van der Waals surface area contributed by atoms with E-state index < -0.39 is 0 Å². The van der Waals surface area contributed by atoms with Crippen LogP contribution in [0.25, 0.3) is 0 Å². The van der Waals surface area contributed by atoms with Crippen LogP contribution in [0.2, 0.25) is 0 Å². The second-order valence-electron chi connectivity index (χ2n) is 3.93. The van der Waals surface area contributed by atoms with Crippen LogP contribution in [-0.2, 0) is 0 Å². The largest absolute Gasteiger partial charge is 0.355 e. The van der Waals surface area contributed by atoms with E-state index in [-0.39, 0.29) is 0 Å². The van der Waals surface area contributed by atoms with Gasteiger partial charge in [-0.25, -0.2) is 4.98 Å². The molecule has 0 amide bonds. The lowest BCUT2D eigenvalue weighted by Crippen LogP contribution is -2.35.